The van der Waals surface area contributed by atoms with Crippen LogP contribution in [0.3, 0.4) is 0 Å². The quantitative estimate of drug-likeness (QED) is 0.470. The summed E-state index contributed by atoms with van der Waals surface area (Å²) in [6.07, 6.45) is 0. The van der Waals surface area contributed by atoms with Crippen molar-refractivity contribution in [1.29, 1.82) is 0 Å². The second kappa shape index (κ2) is 9.02. The molecule has 1 aliphatic rings. The molecule has 2 aromatic carbocycles. The number of hydrogen-bond donors (Lipinski definition) is 1. The van der Waals surface area contributed by atoms with Crippen molar-refractivity contribution in [2.45, 2.75) is 27.5 Å². The number of rotatable bonds is 7. The van der Waals surface area contributed by atoms with E-state index in [1.54, 1.807) is 29.0 Å². The van der Waals surface area contributed by atoms with E-state index in [9.17, 15) is 0 Å². The molecule has 4 rings (SSSR count). The van der Waals surface area contributed by atoms with Crippen LogP contribution in [0.1, 0.15) is 17.3 Å². The molecule has 1 aromatic heterocycles. The van der Waals surface area contributed by atoms with Gasteiger partial charge in [0.05, 0.1) is 24.6 Å². The molecule has 2 heterocycles. The second-order valence-electron chi connectivity index (χ2n) is 5.98. The van der Waals surface area contributed by atoms with E-state index in [0.29, 0.717) is 11.6 Å². The molecule has 2 unspecified atom stereocenters. The first kappa shape index (κ1) is 20.0. The molecule has 0 bridgehead atoms. The van der Waals surface area contributed by atoms with Crippen LogP contribution in [0.25, 0.3) is 0 Å². The molecule has 3 aromatic rings. The number of fused-ring (bicyclic) bond motifs is 2. The van der Waals surface area contributed by atoms with Crippen LogP contribution in [0.15, 0.2) is 57.8 Å². The number of hydrogen-bond acceptors (Lipinski definition) is 8. The standard InChI is InChI=1S/C19H18ClN3O2S3/c1-12(25-9-8-24)27-19(18-22-21-11-26-18)23-14-4-2-3-5-16(14)28-17-7-6-13(20)10-15(17)23/h2-7,10-12,19,24H,8-9H2,1H3. The van der Waals surface area contributed by atoms with E-state index in [1.165, 1.54) is 16.2 Å². The van der Waals surface area contributed by atoms with Gasteiger partial charge in [-0.3, -0.25) is 0 Å². The zero-order chi connectivity index (χ0) is 19.5. The van der Waals surface area contributed by atoms with Crippen LogP contribution in [-0.4, -0.2) is 34.0 Å². The molecule has 1 aliphatic heterocycles. The third-order valence-corrected chi connectivity index (χ3v) is 7.58. The Hall–Kier alpha value is -1.29. The molecule has 9 heteroatoms. The lowest BCUT2D eigenvalue weighted by Gasteiger charge is -2.38. The van der Waals surface area contributed by atoms with E-state index in [1.807, 2.05) is 31.2 Å². The number of aliphatic hydroxyl groups is 1. The molecular formula is C19H18ClN3O2S3. The topological polar surface area (TPSA) is 58.5 Å². The van der Waals surface area contributed by atoms with Crippen molar-refractivity contribution in [3.8, 4) is 0 Å². The van der Waals surface area contributed by atoms with Crippen LogP contribution < -0.4 is 4.90 Å². The van der Waals surface area contributed by atoms with E-state index in [0.717, 1.165) is 21.3 Å². The van der Waals surface area contributed by atoms with Gasteiger partial charge in [0.25, 0.3) is 0 Å². The lowest BCUT2D eigenvalue weighted by atomic mass is 10.2. The van der Waals surface area contributed by atoms with E-state index in [-0.39, 0.29) is 17.4 Å². The van der Waals surface area contributed by atoms with E-state index < -0.39 is 0 Å². The van der Waals surface area contributed by atoms with Crippen molar-refractivity contribution >= 4 is 57.8 Å². The predicted molar refractivity (Wildman–Crippen MR) is 117 cm³/mol. The first-order chi connectivity index (χ1) is 13.7. The minimum absolute atomic E-state index is 0.00397. The Labute approximate surface area is 181 Å². The lowest BCUT2D eigenvalue weighted by Crippen LogP contribution is -2.26. The molecule has 28 heavy (non-hydrogen) atoms. The number of para-hydroxylation sites is 1. The summed E-state index contributed by atoms with van der Waals surface area (Å²) in [5, 5.41) is 18.9. The maximum absolute atomic E-state index is 9.09. The zero-order valence-electron chi connectivity index (χ0n) is 15.0. The number of halogens is 1. The fraction of sp³-hybridized carbons (Fsp3) is 0.263. The smallest absolute Gasteiger partial charge is 0.150 e. The van der Waals surface area contributed by atoms with Gasteiger partial charge >= 0.3 is 0 Å². The molecule has 0 fully saturated rings. The lowest BCUT2D eigenvalue weighted by molar-refractivity contribution is 0.0839. The predicted octanol–water partition coefficient (Wildman–Crippen LogP) is 5.58. The molecule has 5 nitrogen and oxygen atoms in total. The maximum atomic E-state index is 9.09. The Balaban J connectivity index is 1.80. The van der Waals surface area contributed by atoms with Crippen LogP contribution in [0.5, 0.6) is 0 Å². The summed E-state index contributed by atoms with van der Waals surface area (Å²) in [6.45, 7) is 2.28. The van der Waals surface area contributed by atoms with Gasteiger partial charge in [-0.05, 0) is 37.3 Å². The van der Waals surface area contributed by atoms with Crippen molar-refractivity contribution in [3.63, 3.8) is 0 Å². The molecule has 146 valence electrons. The molecule has 0 spiro atoms. The van der Waals surface area contributed by atoms with Gasteiger partial charge in [0, 0.05) is 14.8 Å². The van der Waals surface area contributed by atoms with Crippen LogP contribution in [0, 0.1) is 0 Å². The average molecular weight is 452 g/mol. The summed E-state index contributed by atoms with van der Waals surface area (Å²) in [5.41, 5.74) is 3.75. The molecule has 0 aliphatic carbocycles. The van der Waals surface area contributed by atoms with Crippen molar-refractivity contribution < 1.29 is 9.84 Å². The minimum Gasteiger partial charge on any atom is -0.394 e. The Morgan fingerprint density at radius 3 is 2.82 bits per heavy atom. The van der Waals surface area contributed by atoms with Gasteiger partial charge in [0.1, 0.15) is 16.3 Å². The highest BCUT2D eigenvalue weighted by Crippen LogP contribution is 2.54. The summed E-state index contributed by atoms with van der Waals surface area (Å²) in [6, 6.07) is 14.3. The van der Waals surface area contributed by atoms with Crippen molar-refractivity contribution in [3.05, 3.63) is 58.0 Å². The van der Waals surface area contributed by atoms with E-state index in [4.69, 9.17) is 21.4 Å². The van der Waals surface area contributed by atoms with Crippen LogP contribution in [-0.2, 0) is 4.74 Å². The number of nitrogens with zero attached hydrogens (tertiary/aromatic N) is 3. The summed E-state index contributed by atoms with van der Waals surface area (Å²) in [7, 11) is 0. The monoisotopic (exact) mass is 451 g/mol. The summed E-state index contributed by atoms with van der Waals surface area (Å²) < 4.78 is 5.72. The second-order valence-corrected chi connectivity index (χ2v) is 9.75. The molecule has 0 amide bonds. The molecule has 1 N–H and O–H groups in total. The maximum Gasteiger partial charge on any atom is 0.150 e. The fourth-order valence-corrected chi connectivity index (χ4v) is 6.09. The highest BCUT2D eigenvalue weighted by atomic mass is 35.5. The van der Waals surface area contributed by atoms with Crippen LogP contribution >= 0.6 is 46.5 Å². The van der Waals surface area contributed by atoms with Gasteiger partial charge in [-0.15, -0.1) is 21.5 Å². The van der Waals surface area contributed by atoms with Crippen molar-refractivity contribution in [1.82, 2.24) is 10.2 Å². The Morgan fingerprint density at radius 2 is 2.04 bits per heavy atom. The fourth-order valence-electron chi connectivity index (χ4n) is 2.97. The number of benzene rings is 2. The van der Waals surface area contributed by atoms with Gasteiger partial charge in [-0.2, -0.15) is 0 Å². The van der Waals surface area contributed by atoms with Gasteiger partial charge < -0.3 is 14.7 Å². The van der Waals surface area contributed by atoms with Gasteiger partial charge in [0.2, 0.25) is 0 Å². The Bertz CT molecular complexity index is 942. The van der Waals surface area contributed by atoms with Gasteiger partial charge in [0.15, 0.2) is 5.01 Å². The highest BCUT2D eigenvalue weighted by Gasteiger charge is 2.33. The SMILES string of the molecule is CC(OCCO)SC(c1nncs1)N1c2ccccc2Sc2ccc(Cl)cc21. The summed E-state index contributed by atoms with van der Waals surface area (Å²) in [4.78, 5) is 4.58. The zero-order valence-corrected chi connectivity index (χ0v) is 18.2. The average Bonchev–Trinajstić information content (AvgIpc) is 3.24. The number of ether oxygens (including phenoxy) is 1. The molecule has 2 atom stereocenters. The largest absolute Gasteiger partial charge is 0.394 e. The van der Waals surface area contributed by atoms with Gasteiger partial charge in [-0.1, -0.05) is 47.3 Å². The summed E-state index contributed by atoms with van der Waals surface area (Å²) in [5.74, 6) is 0. The number of thioether (sulfide) groups is 1. The van der Waals surface area contributed by atoms with E-state index in [2.05, 4.69) is 33.3 Å². The Morgan fingerprint density at radius 1 is 1.21 bits per heavy atom. The molecule has 0 saturated carbocycles. The number of aliphatic hydroxyl groups excluding tert-OH is 1. The Kier molecular flexibility index (Phi) is 6.45. The van der Waals surface area contributed by atoms with Crippen LogP contribution in [0.4, 0.5) is 11.4 Å². The minimum atomic E-state index is -0.138. The first-order valence-electron chi connectivity index (χ1n) is 8.67. The molecule has 0 radical (unpaired) electrons. The first-order valence-corrected chi connectivity index (χ1v) is 11.7. The van der Waals surface area contributed by atoms with Crippen molar-refractivity contribution in [2.75, 3.05) is 18.1 Å². The third kappa shape index (κ3) is 4.17. The van der Waals surface area contributed by atoms with E-state index >= 15 is 0 Å². The third-order valence-electron chi connectivity index (χ3n) is 4.11. The number of aromatic nitrogens is 2. The molecular weight excluding hydrogens is 434 g/mol. The molecule has 0 saturated heterocycles. The van der Waals surface area contributed by atoms with Crippen molar-refractivity contribution in [2.24, 2.45) is 0 Å². The van der Waals surface area contributed by atoms with Gasteiger partial charge in [-0.25, -0.2) is 0 Å². The normalized spacial score (nSPS) is 15.0. The van der Waals surface area contributed by atoms with Crippen LogP contribution in [0.2, 0.25) is 5.02 Å². The highest BCUT2D eigenvalue weighted by molar-refractivity contribution is 8.00. The summed E-state index contributed by atoms with van der Waals surface area (Å²) >= 11 is 11.2. The number of anilines is 2.